The molecule has 1 aromatic carbocycles. The van der Waals surface area contributed by atoms with Crippen molar-refractivity contribution < 1.29 is 4.79 Å². The fourth-order valence-electron chi connectivity index (χ4n) is 3.24. The largest absolute Gasteiger partial charge is 0.319 e. The molecular weight excluding hydrogens is 234 g/mol. The Balaban J connectivity index is 2.20. The first kappa shape index (κ1) is 14.3. The SMILES string of the molecule is CCCc1cccc(C(=O)C2(N)CCCC(C)C2)c1. The Bertz CT molecular complexity index is 454. The van der Waals surface area contributed by atoms with E-state index in [-0.39, 0.29) is 5.78 Å². The minimum atomic E-state index is -0.636. The Morgan fingerprint density at radius 1 is 1.47 bits per heavy atom. The average Bonchev–Trinajstić information content (AvgIpc) is 2.38. The van der Waals surface area contributed by atoms with Gasteiger partial charge in [-0.1, -0.05) is 51.3 Å². The standard InChI is InChI=1S/C17H25NO/c1-3-6-14-8-4-9-15(11-14)16(19)17(18)10-5-7-13(2)12-17/h4,8-9,11,13H,3,5-7,10,12,18H2,1-2H3. The number of hydrogen-bond acceptors (Lipinski definition) is 2. The maximum absolute atomic E-state index is 12.7. The Labute approximate surface area is 116 Å². The Morgan fingerprint density at radius 2 is 2.26 bits per heavy atom. The quantitative estimate of drug-likeness (QED) is 0.837. The van der Waals surface area contributed by atoms with Crippen molar-refractivity contribution in [3.05, 3.63) is 35.4 Å². The zero-order valence-corrected chi connectivity index (χ0v) is 12.1. The van der Waals surface area contributed by atoms with Crippen LogP contribution in [0.2, 0.25) is 0 Å². The molecule has 2 nitrogen and oxygen atoms in total. The number of ketones is 1. The summed E-state index contributed by atoms with van der Waals surface area (Å²) >= 11 is 0. The van der Waals surface area contributed by atoms with Crippen molar-refractivity contribution in [1.29, 1.82) is 0 Å². The number of hydrogen-bond donors (Lipinski definition) is 1. The molecule has 0 amide bonds. The number of benzene rings is 1. The molecule has 2 rings (SSSR count). The molecule has 1 aromatic rings. The summed E-state index contributed by atoms with van der Waals surface area (Å²) in [6.45, 7) is 4.35. The molecule has 19 heavy (non-hydrogen) atoms. The number of carbonyl (C=O) groups is 1. The minimum absolute atomic E-state index is 0.136. The summed E-state index contributed by atoms with van der Waals surface area (Å²) in [5.41, 5.74) is 7.79. The number of carbonyl (C=O) groups excluding carboxylic acids is 1. The van der Waals surface area contributed by atoms with E-state index in [0.717, 1.165) is 37.7 Å². The maximum Gasteiger partial charge on any atom is 0.182 e. The van der Waals surface area contributed by atoms with E-state index in [1.165, 1.54) is 12.0 Å². The molecule has 0 bridgehead atoms. The number of Topliss-reactive ketones (excluding diaryl/α,β-unsaturated/α-hetero) is 1. The molecule has 0 saturated heterocycles. The monoisotopic (exact) mass is 259 g/mol. The van der Waals surface area contributed by atoms with Gasteiger partial charge in [-0.05, 0) is 36.8 Å². The van der Waals surface area contributed by atoms with E-state index < -0.39 is 5.54 Å². The van der Waals surface area contributed by atoms with Crippen LogP contribution in [0, 0.1) is 5.92 Å². The second-order valence-electron chi connectivity index (χ2n) is 6.14. The molecule has 1 aliphatic carbocycles. The van der Waals surface area contributed by atoms with Gasteiger partial charge >= 0.3 is 0 Å². The Hall–Kier alpha value is -1.15. The highest BCUT2D eigenvalue weighted by atomic mass is 16.1. The molecule has 0 aromatic heterocycles. The molecule has 1 fully saturated rings. The van der Waals surface area contributed by atoms with Crippen molar-refractivity contribution in [3.63, 3.8) is 0 Å². The molecule has 104 valence electrons. The molecule has 1 aliphatic rings. The van der Waals surface area contributed by atoms with Crippen LogP contribution in [0.1, 0.15) is 61.9 Å². The van der Waals surface area contributed by atoms with Gasteiger partial charge in [-0.25, -0.2) is 0 Å². The van der Waals surface area contributed by atoms with Crippen molar-refractivity contribution in [2.45, 2.75) is 57.9 Å². The van der Waals surface area contributed by atoms with Gasteiger partial charge in [0.1, 0.15) is 0 Å². The van der Waals surface area contributed by atoms with Crippen molar-refractivity contribution in [2.24, 2.45) is 11.7 Å². The first-order valence-corrected chi connectivity index (χ1v) is 7.48. The van der Waals surface area contributed by atoms with Crippen molar-refractivity contribution in [3.8, 4) is 0 Å². The fraction of sp³-hybridized carbons (Fsp3) is 0.588. The van der Waals surface area contributed by atoms with E-state index >= 15 is 0 Å². The van der Waals surface area contributed by atoms with Gasteiger partial charge < -0.3 is 5.73 Å². The molecule has 2 atom stereocenters. The van der Waals surface area contributed by atoms with Crippen LogP contribution in [0.15, 0.2) is 24.3 Å². The van der Waals surface area contributed by atoms with E-state index in [4.69, 9.17) is 5.73 Å². The normalized spacial score (nSPS) is 27.2. The zero-order chi connectivity index (χ0) is 13.9. The van der Waals surface area contributed by atoms with Gasteiger partial charge in [-0.3, -0.25) is 4.79 Å². The number of rotatable bonds is 4. The predicted octanol–water partition coefficient (Wildman–Crippen LogP) is 3.73. The molecule has 2 N–H and O–H groups in total. The van der Waals surface area contributed by atoms with Crippen LogP contribution in [-0.4, -0.2) is 11.3 Å². The van der Waals surface area contributed by atoms with E-state index in [9.17, 15) is 4.79 Å². The van der Waals surface area contributed by atoms with Crippen LogP contribution in [0.25, 0.3) is 0 Å². The predicted molar refractivity (Wildman–Crippen MR) is 79.3 cm³/mol. The third-order valence-corrected chi connectivity index (χ3v) is 4.21. The lowest BCUT2D eigenvalue weighted by Crippen LogP contribution is -2.51. The first-order valence-electron chi connectivity index (χ1n) is 7.48. The molecule has 1 saturated carbocycles. The fourth-order valence-corrected chi connectivity index (χ4v) is 3.24. The summed E-state index contributed by atoms with van der Waals surface area (Å²) < 4.78 is 0. The van der Waals surface area contributed by atoms with Gasteiger partial charge in [0.05, 0.1) is 5.54 Å². The van der Waals surface area contributed by atoms with Crippen LogP contribution < -0.4 is 5.73 Å². The van der Waals surface area contributed by atoms with Crippen LogP contribution in [0.3, 0.4) is 0 Å². The zero-order valence-electron chi connectivity index (χ0n) is 12.1. The Morgan fingerprint density at radius 3 is 2.95 bits per heavy atom. The first-order chi connectivity index (χ1) is 9.05. The van der Waals surface area contributed by atoms with Crippen molar-refractivity contribution >= 4 is 5.78 Å². The summed E-state index contributed by atoms with van der Waals surface area (Å²) in [5.74, 6) is 0.693. The third kappa shape index (κ3) is 3.24. The average molecular weight is 259 g/mol. The lowest BCUT2D eigenvalue weighted by molar-refractivity contribution is 0.0819. The lowest BCUT2D eigenvalue weighted by atomic mass is 9.73. The molecule has 0 spiro atoms. The third-order valence-electron chi connectivity index (χ3n) is 4.21. The Kier molecular flexibility index (Phi) is 4.41. The van der Waals surface area contributed by atoms with Gasteiger partial charge in [0.2, 0.25) is 0 Å². The van der Waals surface area contributed by atoms with Gasteiger partial charge in [-0.15, -0.1) is 0 Å². The van der Waals surface area contributed by atoms with Gasteiger partial charge in [0.15, 0.2) is 5.78 Å². The van der Waals surface area contributed by atoms with Gasteiger partial charge in [0, 0.05) is 5.56 Å². The lowest BCUT2D eigenvalue weighted by Gasteiger charge is -2.35. The van der Waals surface area contributed by atoms with Crippen molar-refractivity contribution in [2.75, 3.05) is 0 Å². The van der Waals surface area contributed by atoms with Gasteiger partial charge in [0.25, 0.3) is 0 Å². The highest BCUT2D eigenvalue weighted by molar-refractivity contribution is 6.03. The van der Waals surface area contributed by atoms with Crippen LogP contribution in [0.4, 0.5) is 0 Å². The molecular formula is C17H25NO. The highest BCUT2D eigenvalue weighted by Gasteiger charge is 2.38. The highest BCUT2D eigenvalue weighted by Crippen LogP contribution is 2.33. The smallest absolute Gasteiger partial charge is 0.182 e. The second-order valence-corrected chi connectivity index (χ2v) is 6.14. The minimum Gasteiger partial charge on any atom is -0.319 e. The summed E-state index contributed by atoms with van der Waals surface area (Å²) in [4.78, 5) is 12.7. The van der Waals surface area contributed by atoms with Crippen molar-refractivity contribution in [1.82, 2.24) is 0 Å². The maximum atomic E-state index is 12.7. The van der Waals surface area contributed by atoms with Crippen LogP contribution in [0.5, 0.6) is 0 Å². The molecule has 0 radical (unpaired) electrons. The summed E-state index contributed by atoms with van der Waals surface area (Å²) in [5, 5.41) is 0. The molecule has 0 aliphatic heterocycles. The topological polar surface area (TPSA) is 43.1 Å². The molecule has 0 heterocycles. The van der Waals surface area contributed by atoms with Crippen LogP contribution in [-0.2, 0) is 6.42 Å². The van der Waals surface area contributed by atoms with E-state index in [0.29, 0.717) is 5.92 Å². The second kappa shape index (κ2) is 5.87. The molecule has 2 heteroatoms. The summed E-state index contributed by atoms with van der Waals surface area (Å²) in [7, 11) is 0. The van der Waals surface area contributed by atoms with E-state index in [2.05, 4.69) is 19.9 Å². The van der Waals surface area contributed by atoms with E-state index in [1.54, 1.807) is 0 Å². The summed E-state index contributed by atoms with van der Waals surface area (Å²) in [6, 6.07) is 8.01. The number of aryl methyl sites for hydroxylation is 1. The molecule has 2 unspecified atom stereocenters. The van der Waals surface area contributed by atoms with E-state index in [1.807, 2.05) is 18.2 Å². The van der Waals surface area contributed by atoms with Crippen LogP contribution >= 0.6 is 0 Å². The summed E-state index contributed by atoms with van der Waals surface area (Å²) in [6.07, 6.45) is 6.04. The number of nitrogens with two attached hydrogens (primary N) is 1. The van der Waals surface area contributed by atoms with Gasteiger partial charge in [-0.2, -0.15) is 0 Å².